The SMILES string of the molecule is CN(C)C(=O)c1cccc(S(=O)(=O)N2CCC[C@H]2C(=O)O[C@@H](Cc2c(Cl)c[n+]([O-])cc2Cl)c2ccc(OC(F)F)c(OCC3CC3)c2)c1.S. The van der Waals surface area contributed by atoms with Gasteiger partial charge < -0.3 is 24.3 Å². The van der Waals surface area contributed by atoms with Gasteiger partial charge in [0.1, 0.15) is 22.2 Å². The smallest absolute Gasteiger partial charge is 0.387 e. The lowest BCUT2D eigenvalue weighted by Crippen LogP contribution is -2.42. The molecule has 1 aliphatic carbocycles. The Hall–Kier alpha value is -3.37. The third-order valence-corrected chi connectivity index (χ3v) is 10.6. The van der Waals surface area contributed by atoms with Crippen LogP contribution in [0.15, 0.2) is 59.8 Å². The molecule has 17 heteroatoms. The molecule has 2 aliphatic rings. The lowest BCUT2D eigenvalue weighted by molar-refractivity contribution is -0.605. The second kappa shape index (κ2) is 16.1. The summed E-state index contributed by atoms with van der Waals surface area (Å²) >= 11 is 12.7. The van der Waals surface area contributed by atoms with Gasteiger partial charge in [-0.3, -0.25) is 9.59 Å². The van der Waals surface area contributed by atoms with Crippen molar-refractivity contribution in [2.75, 3.05) is 27.2 Å². The number of pyridine rings is 1. The van der Waals surface area contributed by atoms with Crippen LogP contribution in [0.1, 0.15) is 53.3 Å². The molecule has 0 spiro atoms. The van der Waals surface area contributed by atoms with Crippen LogP contribution < -0.4 is 14.2 Å². The molecule has 0 radical (unpaired) electrons. The van der Waals surface area contributed by atoms with Crippen molar-refractivity contribution in [3.63, 3.8) is 0 Å². The van der Waals surface area contributed by atoms with Gasteiger partial charge in [-0.25, -0.2) is 8.42 Å². The molecule has 2 atom stereocenters. The Morgan fingerprint density at radius 2 is 1.76 bits per heavy atom. The first-order valence-electron chi connectivity index (χ1n) is 15.1. The number of sulfonamides is 1. The molecule has 11 nitrogen and oxygen atoms in total. The van der Waals surface area contributed by atoms with Crippen LogP contribution in [-0.2, 0) is 26.0 Å². The molecule has 1 saturated heterocycles. The van der Waals surface area contributed by atoms with Crippen molar-refractivity contribution < 1.29 is 45.7 Å². The number of esters is 1. The molecule has 0 unspecified atom stereocenters. The van der Waals surface area contributed by atoms with Crippen molar-refractivity contribution in [2.24, 2.45) is 5.92 Å². The molecule has 5 rings (SSSR count). The van der Waals surface area contributed by atoms with Crippen LogP contribution in [0.3, 0.4) is 0 Å². The highest BCUT2D eigenvalue weighted by atomic mass is 35.5. The summed E-state index contributed by atoms with van der Waals surface area (Å²) in [6.07, 6.45) is 3.21. The van der Waals surface area contributed by atoms with Gasteiger partial charge in [0.25, 0.3) is 5.91 Å². The van der Waals surface area contributed by atoms with E-state index in [0.29, 0.717) is 16.7 Å². The molecule has 1 amide bonds. The maximum absolute atomic E-state index is 13.9. The first kappa shape index (κ1) is 38.4. The summed E-state index contributed by atoms with van der Waals surface area (Å²) in [5.74, 6) is -1.21. The molecule has 1 aromatic heterocycles. The van der Waals surface area contributed by atoms with Gasteiger partial charge in [0.05, 0.1) is 11.5 Å². The second-order valence-electron chi connectivity index (χ2n) is 11.8. The Labute approximate surface area is 299 Å². The molecule has 266 valence electrons. The third-order valence-electron chi connectivity index (χ3n) is 8.00. The molecular weight excluding hydrogens is 727 g/mol. The van der Waals surface area contributed by atoms with Gasteiger partial charge in [-0.2, -0.15) is 31.3 Å². The summed E-state index contributed by atoms with van der Waals surface area (Å²) in [7, 11) is -1.16. The highest BCUT2D eigenvalue weighted by Gasteiger charge is 2.42. The van der Waals surface area contributed by atoms with Crippen molar-refractivity contribution >= 4 is 58.6 Å². The molecular formula is C32H35Cl2F2N3O8S2. The van der Waals surface area contributed by atoms with Crippen molar-refractivity contribution in [3.8, 4) is 11.5 Å². The zero-order valence-electron chi connectivity index (χ0n) is 26.5. The molecule has 2 heterocycles. The van der Waals surface area contributed by atoms with E-state index in [-0.39, 0.29) is 83.0 Å². The third kappa shape index (κ3) is 9.25. The first-order chi connectivity index (χ1) is 22.7. The average molecular weight is 763 g/mol. The normalized spacial score (nSPS) is 16.9. The molecule has 0 bridgehead atoms. The predicted molar refractivity (Wildman–Crippen MR) is 181 cm³/mol. The number of alkyl halides is 2. The van der Waals surface area contributed by atoms with Crippen molar-refractivity contribution in [2.45, 2.75) is 55.8 Å². The second-order valence-corrected chi connectivity index (χ2v) is 14.5. The summed E-state index contributed by atoms with van der Waals surface area (Å²) in [6, 6.07) is 8.42. The standard InChI is InChI=1S/C32H33Cl2F2N3O8S.H2S/c1-37(2)30(40)21-5-3-6-22(13-21)48(43,44)39-12-4-7-26(39)31(41)46-28(15-23-24(33)16-38(42)17-25(23)34)20-10-11-27(47-32(35)36)29(14-20)45-18-19-8-9-19;/h3,5-6,10-11,13-14,16-17,19,26,28,32H,4,7-9,12,15,18H2,1-2H3;1H2/t26-,28-;/m0./s1. The van der Waals surface area contributed by atoms with Crippen molar-refractivity contribution in [3.05, 3.63) is 86.8 Å². The number of benzene rings is 2. The zero-order valence-corrected chi connectivity index (χ0v) is 29.8. The fourth-order valence-electron chi connectivity index (χ4n) is 5.33. The highest BCUT2D eigenvalue weighted by molar-refractivity contribution is 7.89. The van der Waals surface area contributed by atoms with Crippen LogP contribution in [0.4, 0.5) is 8.78 Å². The Bertz CT molecular complexity index is 1770. The number of carbonyl (C=O) groups excluding carboxylic acids is 2. The zero-order chi connectivity index (χ0) is 34.7. The van der Waals surface area contributed by atoms with E-state index in [1.54, 1.807) is 14.1 Å². The highest BCUT2D eigenvalue weighted by Crippen LogP contribution is 2.38. The largest absolute Gasteiger partial charge is 0.619 e. The summed E-state index contributed by atoms with van der Waals surface area (Å²) in [5.41, 5.74) is 0.716. The predicted octanol–water partition coefficient (Wildman–Crippen LogP) is 5.51. The van der Waals surface area contributed by atoms with Crippen LogP contribution in [0.25, 0.3) is 0 Å². The summed E-state index contributed by atoms with van der Waals surface area (Å²) < 4.78 is 71.9. The number of rotatable bonds is 13. The summed E-state index contributed by atoms with van der Waals surface area (Å²) in [5, 5.41) is 11.9. The first-order valence-corrected chi connectivity index (χ1v) is 17.3. The minimum absolute atomic E-state index is 0. The van der Waals surface area contributed by atoms with Gasteiger partial charge in [-0.15, -0.1) is 0 Å². The summed E-state index contributed by atoms with van der Waals surface area (Å²) in [4.78, 5) is 27.5. The van der Waals surface area contributed by atoms with Crippen LogP contribution in [0.5, 0.6) is 11.5 Å². The van der Waals surface area contributed by atoms with Crippen molar-refractivity contribution in [1.29, 1.82) is 0 Å². The Balaban J connectivity index is 0.00000541. The Kier molecular flexibility index (Phi) is 12.6. The minimum atomic E-state index is -4.25. The minimum Gasteiger partial charge on any atom is -0.619 e. The van der Waals surface area contributed by atoms with E-state index in [1.165, 1.54) is 47.4 Å². The Morgan fingerprint density at radius 3 is 2.39 bits per heavy atom. The van der Waals surface area contributed by atoms with E-state index in [4.69, 9.17) is 32.7 Å². The molecule has 49 heavy (non-hydrogen) atoms. The number of halogens is 4. The number of hydrogen-bond acceptors (Lipinski definition) is 8. The average Bonchev–Trinajstić information content (AvgIpc) is 3.72. The number of amides is 1. The van der Waals surface area contributed by atoms with Gasteiger partial charge in [0.2, 0.25) is 10.0 Å². The van der Waals surface area contributed by atoms with E-state index < -0.39 is 40.7 Å². The molecule has 2 aromatic carbocycles. The van der Waals surface area contributed by atoms with Gasteiger partial charge in [-0.05, 0) is 67.5 Å². The lowest BCUT2D eigenvalue weighted by Gasteiger charge is -2.26. The number of ether oxygens (including phenoxy) is 3. The maximum atomic E-state index is 13.9. The molecule has 3 aromatic rings. The summed E-state index contributed by atoms with van der Waals surface area (Å²) in [6.45, 7) is -2.83. The molecule has 1 aliphatic heterocycles. The molecule has 2 fully saturated rings. The van der Waals surface area contributed by atoms with E-state index in [2.05, 4.69) is 4.74 Å². The lowest BCUT2D eigenvalue weighted by atomic mass is 10.0. The number of hydrogen-bond donors (Lipinski definition) is 0. The van der Waals surface area contributed by atoms with Gasteiger partial charge >= 0.3 is 12.6 Å². The van der Waals surface area contributed by atoms with E-state index in [1.807, 2.05) is 0 Å². The fraction of sp³-hybridized carbons (Fsp3) is 0.406. The molecule has 0 N–H and O–H groups in total. The monoisotopic (exact) mass is 761 g/mol. The maximum Gasteiger partial charge on any atom is 0.387 e. The van der Waals surface area contributed by atoms with E-state index in [9.17, 15) is 32.0 Å². The fourth-order valence-corrected chi connectivity index (χ4v) is 7.62. The Morgan fingerprint density at radius 1 is 1.06 bits per heavy atom. The topological polar surface area (TPSA) is 129 Å². The number of aromatic nitrogens is 1. The molecule has 1 saturated carbocycles. The van der Waals surface area contributed by atoms with Crippen LogP contribution in [0.2, 0.25) is 10.0 Å². The van der Waals surface area contributed by atoms with E-state index >= 15 is 0 Å². The van der Waals surface area contributed by atoms with E-state index in [0.717, 1.165) is 29.5 Å². The van der Waals surface area contributed by atoms with Crippen LogP contribution in [-0.4, -0.2) is 69.4 Å². The number of nitrogens with zero attached hydrogens (tertiary/aromatic N) is 3. The number of carbonyl (C=O) groups is 2. The van der Waals surface area contributed by atoms with Crippen LogP contribution in [0, 0.1) is 11.1 Å². The van der Waals surface area contributed by atoms with Gasteiger partial charge in [-0.1, -0.05) is 35.3 Å². The quantitative estimate of drug-likeness (QED) is 0.127. The van der Waals surface area contributed by atoms with Crippen LogP contribution >= 0.6 is 36.7 Å². The van der Waals surface area contributed by atoms with Gasteiger partial charge in [0, 0.05) is 38.2 Å². The van der Waals surface area contributed by atoms with Crippen molar-refractivity contribution in [1.82, 2.24) is 9.21 Å². The van der Waals surface area contributed by atoms with Gasteiger partial charge in [0.15, 0.2) is 23.9 Å².